The van der Waals surface area contributed by atoms with E-state index in [9.17, 15) is 18.0 Å². The first-order valence-electron chi connectivity index (χ1n) is 12.9. The number of hydrogen-bond donors (Lipinski definition) is 1. The summed E-state index contributed by atoms with van der Waals surface area (Å²) in [7, 11) is -3.81. The number of halogens is 1. The highest BCUT2D eigenvalue weighted by Gasteiger charge is 2.33. The number of anilines is 1. The summed E-state index contributed by atoms with van der Waals surface area (Å²) in [5.74, 6) is -0.743. The molecule has 2 atom stereocenters. The van der Waals surface area contributed by atoms with E-state index >= 15 is 0 Å². The second-order valence-corrected chi connectivity index (χ2v) is 12.5. The number of carbonyl (C=O) groups is 2. The van der Waals surface area contributed by atoms with Crippen LogP contribution < -0.4 is 9.62 Å². The van der Waals surface area contributed by atoms with E-state index in [-0.39, 0.29) is 24.9 Å². The van der Waals surface area contributed by atoms with Crippen LogP contribution in [0, 0.1) is 6.92 Å². The Kier molecular flexibility index (Phi) is 10.7. The van der Waals surface area contributed by atoms with Crippen LogP contribution in [-0.4, -0.2) is 50.0 Å². The van der Waals surface area contributed by atoms with Gasteiger partial charge < -0.3 is 10.2 Å². The number of hydrogen-bond acceptors (Lipinski definition) is 4. The number of nitrogens with one attached hydrogen (secondary N) is 1. The third-order valence-corrected chi connectivity index (χ3v) is 8.28. The van der Waals surface area contributed by atoms with Crippen molar-refractivity contribution < 1.29 is 18.0 Å². The number of amides is 2. The van der Waals surface area contributed by atoms with Crippen molar-refractivity contribution in [3.05, 3.63) is 100 Å². The van der Waals surface area contributed by atoms with Crippen molar-refractivity contribution in [1.82, 2.24) is 10.2 Å². The minimum absolute atomic E-state index is 0.0830. The predicted octanol–water partition coefficient (Wildman–Crippen LogP) is 5.08. The smallest absolute Gasteiger partial charge is 0.244 e. The normalized spacial score (nSPS) is 12.8. The average Bonchev–Trinajstić information content (AvgIpc) is 2.89. The van der Waals surface area contributed by atoms with Crippen LogP contribution in [0.15, 0.2) is 83.3 Å². The molecule has 3 aromatic rings. The molecular formula is C30H36BrN3O4S. The van der Waals surface area contributed by atoms with Crippen LogP contribution in [0.4, 0.5) is 5.69 Å². The lowest BCUT2D eigenvalue weighted by Gasteiger charge is -2.34. The van der Waals surface area contributed by atoms with Gasteiger partial charge in [0.1, 0.15) is 12.6 Å². The molecule has 0 aromatic heterocycles. The largest absolute Gasteiger partial charge is 0.352 e. The first-order chi connectivity index (χ1) is 18.5. The summed E-state index contributed by atoms with van der Waals surface area (Å²) >= 11 is 3.38. The summed E-state index contributed by atoms with van der Waals surface area (Å²) in [6, 6.07) is 23.1. The van der Waals surface area contributed by atoms with Gasteiger partial charge >= 0.3 is 0 Å². The van der Waals surface area contributed by atoms with Crippen LogP contribution in [-0.2, 0) is 32.6 Å². The molecule has 7 nitrogen and oxygen atoms in total. The highest BCUT2D eigenvalue weighted by Crippen LogP contribution is 2.24. The Bertz CT molecular complexity index is 1380. The number of aryl methyl sites for hydroxylation is 1. The summed E-state index contributed by atoms with van der Waals surface area (Å²) < 4.78 is 27.5. The van der Waals surface area contributed by atoms with E-state index in [0.717, 1.165) is 33.7 Å². The molecule has 2 amide bonds. The third-order valence-electron chi connectivity index (χ3n) is 6.65. The molecule has 9 heteroatoms. The van der Waals surface area contributed by atoms with Gasteiger partial charge in [-0.3, -0.25) is 13.9 Å². The van der Waals surface area contributed by atoms with E-state index in [1.807, 2.05) is 75.4 Å². The SMILES string of the molecule is CC[C@@H](C)NC(=O)[C@H](Cc1ccccc1)N(Cc1ccccc1C)C(=O)CN(c1cccc(Br)c1)S(C)(=O)=O. The highest BCUT2D eigenvalue weighted by atomic mass is 79.9. The van der Waals surface area contributed by atoms with Crippen LogP contribution >= 0.6 is 15.9 Å². The molecule has 0 heterocycles. The van der Waals surface area contributed by atoms with E-state index in [1.165, 1.54) is 4.90 Å². The zero-order chi connectivity index (χ0) is 28.6. The first kappa shape index (κ1) is 30.4. The van der Waals surface area contributed by atoms with Crippen molar-refractivity contribution >= 4 is 43.5 Å². The molecule has 1 N–H and O–H groups in total. The van der Waals surface area contributed by atoms with Gasteiger partial charge in [-0.25, -0.2) is 8.42 Å². The Morgan fingerprint density at radius 3 is 2.26 bits per heavy atom. The van der Waals surface area contributed by atoms with Gasteiger partial charge in [-0.1, -0.05) is 83.5 Å². The van der Waals surface area contributed by atoms with E-state index < -0.39 is 28.5 Å². The number of sulfonamides is 1. The minimum atomic E-state index is -3.81. The highest BCUT2D eigenvalue weighted by molar-refractivity contribution is 9.10. The van der Waals surface area contributed by atoms with Crippen molar-refractivity contribution in [1.29, 1.82) is 0 Å². The van der Waals surface area contributed by atoms with Crippen molar-refractivity contribution in [2.45, 2.75) is 52.2 Å². The molecule has 39 heavy (non-hydrogen) atoms. The summed E-state index contributed by atoms with van der Waals surface area (Å²) in [6.45, 7) is 5.57. The fraction of sp³-hybridized carbons (Fsp3) is 0.333. The third kappa shape index (κ3) is 8.66. The van der Waals surface area contributed by atoms with Crippen molar-refractivity contribution in [2.75, 3.05) is 17.1 Å². The van der Waals surface area contributed by atoms with Gasteiger partial charge in [0.15, 0.2) is 0 Å². The number of benzene rings is 3. The second kappa shape index (κ2) is 13.8. The van der Waals surface area contributed by atoms with E-state index in [0.29, 0.717) is 10.2 Å². The maximum Gasteiger partial charge on any atom is 0.244 e. The molecule has 208 valence electrons. The molecule has 0 radical (unpaired) electrons. The molecule has 0 aliphatic carbocycles. The Balaban J connectivity index is 2.07. The second-order valence-electron chi connectivity index (χ2n) is 9.72. The Morgan fingerprint density at radius 1 is 0.974 bits per heavy atom. The molecular weight excluding hydrogens is 578 g/mol. The van der Waals surface area contributed by atoms with Crippen molar-refractivity contribution in [2.24, 2.45) is 0 Å². The van der Waals surface area contributed by atoms with Gasteiger partial charge in [0.25, 0.3) is 0 Å². The molecule has 0 unspecified atom stereocenters. The summed E-state index contributed by atoms with van der Waals surface area (Å²) in [6.07, 6.45) is 2.10. The lowest BCUT2D eigenvalue weighted by atomic mass is 10.0. The van der Waals surface area contributed by atoms with Gasteiger partial charge in [0.05, 0.1) is 11.9 Å². The molecule has 0 bridgehead atoms. The lowest BCUT2D eigenvalue weighted by molar-refractivity contribution is -0.140. The maximum atomic E-state index is 14.1. The van der Waals surface area contributed by atoms with Crippen LogP contribution in [0.2, 0.25) is 0 Å². The average molecular weight is 615 g/mol. The molecule has 3 aromatic carbocycles. The van der Waals surface area contributed by atoms with E-state index in [4.69, 9.17) is 0 Å². The number of rotatable bonds is 12. The van der Waals surface area contributed by atoms with Gasteiger partial charge in [-0.15, -0.1) is 0 Å². The minimum Gasteiger partial charge on any atom is -0.352 e. The molecule has 0 saturated carbocycles. The monoisotopic (exact) mass is 613 g/mol. The van der Waals surface area contributed by atoms with Crippen molar-refractivity contribution in [3.8, 4) is 0 Å². The van der Waals surface area contributed by atoms with Crippen LogP contribution in [0.3, 0.4) is 0 Å². The lowest BCUT2D eigenvalue weighted by Crippen LogP contribution is -2.54. The van der Waals surface area contributed by atoms with Crippen LogP contribution in [0.5, 0.6) is 0 Å². The topological polar surface area (TPSA) is 86.8 Å². The maximum absolute atomic E-state index is 14.1. The van der Waals surface area contributed by atoms with Gasteiger partial charge in [0, 0.05) is 23.5 Å². The van der Waals surface area contributed by atoms with Crippen LogP contribution in [0.1, 0.15) is 37.0 Å². The Labute approximate surface area is 240 Å². The quantitative estimate of drug-likeness (QED) is 0.309. The Hall–Kier alpha value is -3.17. The fourth-order valence-electron chi connectivity index (χ4n) is 4.21. The predicted molar refractivity (Wildman–Crippen MR) is 160 cm³/mol. The number of nitrogens with zero attached hydrogens (tertiary/aromatic N) is 2. The molecule has 0 aliphatic rings. The van der Waals surface area contributed by atoms with Crippen molar-refractivity contribution in [3.63, 3.8) is 0 Å². The summed E-state index contributed by atoms with van der Waals surface area (Å²) in [5, 5.41) is 3.04. The van der Waals surface area contributed by atoms with Gasteiger partial charge in [-0.05, 0) is 55.2 Å². The van der Waals surface area contributed by atoms with E-state index in [2.05, 4.69) is 21.2 Å². The zero-order valence-corrected chi connectivity index (χ0v) is 25.2. The summed E-state index contributed by atoms with van der Waals surface area (Å²) in [4.78, 5) is 29.3. The number of carbonyl (C=O) groups excluding carboxylic acids is 2. The zero-order valence-electron chi connectivity index (χ0n) is 22.8. The molecule has 0 fully saturated rings. The van der Waals surface area contributed by atoms with Gasteiger partial charge in [0.2, 0.25) is 21.8 Å². The van der Waals surface area contributed by atoms with Crippen LogP contribution in [0.25, 0.3) is 0 Å². The fourth-order valence-corrected chi connectivity index (χ4v) is 5.44. The molecule has 0 spiro atoms. The molecule has 0 saturated heterocycles. The Morgan fingerprint density at radius 2 is 1.64 bits per heavy atom. The standard InChI is InChI=1S/C30H36BrN3O4S/c1-5-23(3)32-30(36)28(18-24-13-7-6-8-14-24)33(20-25-15-10-9-12-22(25)2)29(35)21-34(39(4,37)38)27-17-11-16-26(31)19-27/h6-17,19,23,28H,5,18,20-21H2,1-4H3,(H,32,36)/t23-,28+/m1/s1. The van der Waals surface area contributed by atoms with Gasteiger partial charge in [-0.2, -0.15) is 0 Å². The molecule has 0 aliphatic heterocycles. The van der Waals surface area contributed by atoms with E-state index in [1.54, 1.807) is 24.3 Å². The summed E-state index contributed by atoms with van der Waals surface area (Å²) in [5.41, 5.74) is 3.12. The first-order valence-corrected chi connectivity index (χ1v) is 15.5. The molecule has 3 rings (SSSR count).